The number of thiophene rings is 1. The van der Waals surface area contributed by atoms with Crippen LogP contribution in [0, 0.1) is 0 Å². The van der Waals surface area contributed by atoms with Gasteiger partial charge in [0, 0.05) is 58.2 Å². The fraction of sp³-hybridized carbons (Fsp3) is 0.0909. The highest BCUT2D eigenvalue weighted by molar-refractivity contribution is 7.12. The highest BCUT2D eigenvalue weighted by Gasteiger charge is 2.27. The second-order valence-electron chi connectivity index (χ2n) is 26.1. The monoisotopic (exact) mass is 1630 g/mol. The summed E-state index contributed by atoms with van der Waals surface area (Å²) in [4.78, 5) is 118. The Balaban J connectivity index is 0.000000132. The van der Waals surface area contributed by atoms with Crippen molar-refractivity contribution in [2.45, 2.75) is 18.9 Å². The third kappa shape index (κ3) is 21.6. The first kappa shape index (κ1) is 81.2. The van der Waals surface area contributed by atoms with E-state index in [1.165, 1.54) is 25.4 Å². The standard InChI is InChI=1S/C24H19N5O4.C23H19N5O3.C21H21N5O3.C20H15N5O2S/c30-21(16-7-3-1-4-8-16)25-23-27-24(26-22(31)17-9-5-2-6-10-17)29(28-23)18-11-12-19-20(15-18)33-14-13-32-19;1-31-19-14-12-18(13-15-19)28-23(25-21(30)17-10-6-3-7-11-17)26-22(27-28)24-20(29)16-8-4-2-5-9-16;27-18(15-7-3-1-4-8-15)22-20-24-21(23-19(28)16-9-5-2-6-10-16)26(25-20)17-11-13-29-14-12-17;26-17(14-8-3-1-4-9-14)22-20-23-19(21-18(27)16-12-7-13-28-16)24-25(20)15-10-5-2-6-11-15/h1-12,15H,13-14H2,(H2,25,26,27,28,30,31);2-15H,1H3,(H2,24,25,26,27,29,30);1-10,17H,11-14H2,(H2,22,23,24,25,27,28);1-13H,(H2,21,22,23,24,26,27). The van der Waals surface area contributed by atoms with E-state index in [2.05, 4.69) is 82.9 Å². The number of carbonyl (C=O) groups is 8. The number of nitrogens with one attached hydrogen (secondary N) is 8. The third-order valence-corrected chi connectivity index (χ3v) is 18.7. The van der Waals surface area contributed by atoms with Crippen molar-refractivity contribution >= 4 is 106 Å². The van der Waals surface area contributed by atoms with Gasteiger partial charge in [0.05, 0.1) is 35.1 Å². The predicted octanol–water partition coefficient (Wildman–Crippen LogP) is 14.3. The predicted molar refractivity (Wildman–Crippen MR) is 454 cm³/mol. The molecule has 17 rings (SSSR count). The van der Waals surface area contributed by atoms with Crippen molar-refractivity contribution < 1.29 is 57.3 Å². The Labute approximate surface area is 694 Å². The number of para-hydroxylation sites is 1. The van der Waals surface area contributed by atoms with Crippen LogP contribution in [0.2, 0.25) is 0 Å². The molecule has 33 heteroatoms. The summed E-state index contributed by atoms with van der Waals surface area (Å²) in [5, 5.41) is 41.2. The molecule has 0 radical (unpaired) electrons. The summed E-state index contributed by atoms with van der Waals surface area (Å²) >= 11 is 1.32. The Kier molecular flexibility index (Phi) is 26.7. The minimum atomic E-state index is -0.365. The van der Waals surface area contributed by atoms with E-state index in [1.807, 2.05) is 78.2 Å². The average molecular weight is 1640 g/mol. The van der Waals surface area contributed by atoms with Crippen molar-refractivity contribution in [1.29, 1.82) is 0 Å². The molecule has 15 aromatic rings. The molecular weight excluding hydrogens is 1560 g/mol. The topological polar surface area (TPSA) is 393 Å². The molecule has 2 aliphatic rings. The van der Waals surface area contributed by atoms with E-state index in [4.69, 9.17) is 18.9 Å². The van der Waals surface area contributed by atoms with E-state index in [1.54, 1.807) is 236 Å². The van der Waals surface area contributed by atoms with Crippen LogP contribution in [-0.4, -0.2) is 140 Å². The lowest BCUT2D eigenvalue weighted by atomic mass is 10.1. The zero-order valence-corrected chi connectivity index (χ0v) is 65.2. The fourth-order valence-electron chi connectivity index (χ4n) is 11.9. The number of carbonyl (C=O) groups excluding carboxylic acids is 8. The molecule has 0 bridgehead atoms. The molecule has 32 nitrogen and oxygen atoms in total. The van der Waals surface area contributed by atoms with E-state index in [9.17, 15) is 38.4 Å². The lowest BCUT2D eigenvalue weighted by molar-refractivity contribution is 0.0667. The SMILES string of the molecule is COc1ccc(-n2nc(NC(=O)c3ccccc3)nc2NC(=O)c2ccccc2)cc1.O=C(Nc1nc(NC(=O)c2ccccc2)n(-c2ccc3c(c2)OCCO3)n1)c1ccccc1.O=C(Nc1nc(NC(=O)c2ccccc2)n(C2CCOCC2)n1)c1ccccc1.O=C(Nc1nc(NC(=O)c2cccs2)nn1-c1ccccc1)c1ccccc1. The Morgan fingerprint density at radius 3 is 1.01 bits per heavy atom. The van der Waals surface area contributed by atoms with Crippen LogP contribution in [0.15, 0.2) is 303 Å². The number of rotatable bonds is 21. The quantitative estimate of drug-likeness (QED) is 0.0331. The lowest BCUT2D eigenvalue weighted by Crippen LogP contribution is -2.24. The third-order valence-electron chi connectivity index (χ3n) is 17.9. The Morgan fingerprint density at radius 2 is 0.636 bits per heavy atom. The van der Waals surface area contributed by atoms with Gasteiger partial charge in [-0.15, -0.1) is 31.7 Å². The van der Waals surface area contributed by atoms with Crippen molar-refractivity contribution in [3.05, 3.63) is 346 Å². The van der Waals surface area contributed by atoms with E-state index in [0.717, 1.165) is 12.8 Å². The summed E-state index contributed by atoms with van der Waals surface area (Å²) in [5.74, 6) is 0.399. The van der Waals surface area contributed by atoms with E-state index >= 15 is 0 Å². The van der Waals surface area contributed by atoms with Crippen molar-refractivity contribution in [3.63, 3.8) is 0 Å². The van der Waals surface area contributed by atoms with Crippen molar-refractivity contribution in [2.75, 3.05) is 76.1 Å². The van der Waals surface area contributed by atoms with E-state index in [-0.39, 0.29) is 94.9 Å². The number of methoxy groups -OCH3 is 1. The number of hydrogen-bond acceptors (Lipinski definition) is 21. The highest BCUT2D eigenvalue weighted by atomic mass is 32.1. The van der Waals surface area contributed by atoms with E-state index in [0.29, 0.717) is 111 Å². The number of aromatic nitrogens is 12. The Hall–Kier alpha value is -16.4. The molecule has 0 unspecified atom stereocenters. The maximum Gasteiger partial charge on any atom is 0.268 e. The molecule has 604 valence electrons. The molecule has 5 aromatic heterocycles. The second-order valence-corrected chi connectivity index (χ2v) is 27.0. The first-order chi connectivity index (χ1) is 59.2. The summed E-state index contributed by atoms with van der Waals surface area (Å²) in [7, 11) is 1.58. The minimum Gasteiger partial charge on any atom is -0.497 e. The summed E-state index contributed by atoms with van der Waals surface area (Å²) in [5.41, 5.74) is 5.30. The summed E-state index contributed by atoms with van der Waals surface area (Å²) in [6.45, 7) is 2.14. The average Bonchev–Trinajstić information content (AvgIpc) is 1.68. The van der Waals surface area contributed by atoms with Gasteiger partial charge in [0.2, 0.25) is 23.8 Å². The van der Waals surface area contributed by atoms with Crippen LogP contribution < -0.4 is 56.7 Å². The van der Waals surface area contributed by atoms with Gasteiger partial charge < -0.3 is 18.9 Å². The van der Waals surface area contributed by atoms with Crippen LogP contribution in [0.3, 0.4) is 0 Å². The smallest absolute Gasteiger partial charge is 0.268 e. The fourth-order valence-corrected chi connectivity index (χ4v) is 12.5. The highest BCUT2D eigenvalue weighted by Crippen LogP contribution is 2.34. The molecular formula is C88H74N20O12S. The Bertz CT molecular complexity index is 6050. The first-order valence-corrected chi connectivity index (χ1v) is 38.6. The number of fused-ring (bicyclic) bond motifs is 1. The van der Waals surface area contributed by atoms with Gasteiger partial charge >= 0.3 is 0 Å². The number of ether oxygens (including phenoxy) is 4. The summed E-state index contributed by atoms with van der Waals surface area (Å²) < 4.78 is 27.9. The lowest BCUT2D eigenvalue weighted by Gasteiger charge is -2.23. The van der Waals surface area contributed by atoms with Crippen molar-refractivity contribution in [2.24, 2.45) is 0 Å². The molecule has 0 atom stereocenters. The van der Waals surface area contributed by atoms with Gasteiger partial charge in [0.1, 0.15) is 19.0 Å². The zero-order chi connectivity index (χ0) is 83.7. The number of amides is 8. The summed E-state index contributed by atoms with van der Waals surface area (Å²) in [6, 6.07) is 86.6. The summed E-state index contributed by atoms with van der Waals surface area (Å²) in [6.07, 6.45) is 1.51. The molecule has 0 spiro atoms. The number of hydrogen-bond donors (Lipinski definition) is 8. The minimum absolute atomic E-state index is 0.0321. The van der Waals surface area contributed by atoms with Crippen LogP contribution in [0.4, 0.5) is 47.6 Å². The van der Waals surface area contributed by atoms with Gasteiger partial charge in [-0.2, -0.15) is 34.0 Å². The molecule has 7 heterocycles. The van der Waals surface area contributed by atoms with Gasteiger partial charge in [-0.05, 0) is 158 Å². The molecule has 8 N–H and O–H groups in total. The maximum absolute atomic E-state index is 12.8. The van der Waals surface area contributed by atoms with Gasteiger partial charge in [-0.1, -0.05) is 152 Å². The molecule has 8 amide bonds. The van der Waals surface area contributed by atoms with Crippen molar-refractivity contribution in [3.8, 4) is 34.3 Å². The molecule has 121 heavy (non-hydrogen) atoms. The number of nitrogens with zero attached hydrogens (tertiary/aromatic N) is 12. The molecule has 0 aliphatic carbocycles. The van der Waals surface area contributed by atoms with Crippen LogP contribution in [0.5, 0.6) is 17.2 Å². The number of anilines is 8. The second kappa shape index (κ2) is 39.8. The zero-order valence-electron chi connectivity index (χ0n) is 64.4. The molecule has 1 saturated heterocycles. The van der Waals surface area contributed by atoms with Crippen LogP contribution >= 0.6 is 11.3 Å². The van der Waals surface area contributed by atoms with Crippen LogP contribution in [0.1, 0.15) is 101 Å². The van der Waals surface area contributed by atoms with Crippen LogP contribution in [0.25, 0.3) is 17.1 Å². The maximum atomic E-state index is 12.8. The van der Waals surface area contributed by atoms with Crippen molar-refractivity contribution in [1.82, 2.24) is 59.1 Å². The van der Waals surface area contributed by atoms with Gasteiger partial charge in [0.25, 0.3) is 71.1 Å². The van der Waals surface area contributed by atoms with Gasteiger partial charge in [-0.3, -0.25) is 80.9 Å². The van der Waals surface area contributed by atoms with Crippen LogP contribution in [-0.2, 0) is 4.74 Å². The molecule has 0 saturated carbocycles. The molecule has 1 fully saturated rings. The largest absolute Gasteiger partial charge is 0.497 e. The molecule has 10 aromatic carbocycles. The first-order valence-electron chi connectivity index (χ1n) is 37.7. The molecule has 2 aliphatic heterocycles. The van der Waals surface area contributed by atoms with Gasteiger partial charge in [-0.25, -0.2) is 4.68 Å². The normalized spacial score (nSPS) is 11.8. The number of benzene rings is 10. The van der Waals surface area contributed by atoms with E-state index < -0.39 is 0 Å². The Morgan fingerprint density at radius 1 is 0.322 bits per heavy atom. The van der Waals surface area contributed by atoms with Gasteiger partial charge in [0.15, 0.2) is 11.5 Å².